The topological polar surface area (TPSA) is 70.7 Å². The van der Waals surface area contributed by atoms with Crippen LogP contribution in [0.15, 0.2) is 48.5 Å². The molecule has 1 aliphatic carbocycles. The molecule has 164 valence electrons. The van der Waals surface area contributed by atoms with E-state index in [1.165, 1.54) is 12.1 Å². The van der Waals surface area contributed by atoms with Gasteiger partial charge in [0.1, 0.15) is 11.6 Å². The molecule has 2 amide bonds. The van der Waals surface area contributed by atoms with Gasteiger partial charge in [0.2, 0.25) is 5.91 Å². The van der Waals surface area contributed by atoms with Crippen LogP contribution in [0.3, 0.4) is 0 Å². The zero-order chi connectivity index (χ0) is 21.8. The monoisotopic (exact) mass is 425 g/mol. The van der Waals surface area contributed by atoms with Crippen LogP contribution in [0.25, 0.3) is 0 Å². The second kappa shape index (κ2) is 9.47. The average molecular weight is 426 g/mol. The van der Waals surface area contributed by atoms with Crippen LogP contribution in [0.5, 0.6) is 5.75 Å². The summed E-state index contributed by atoms with van der Waals surface area (Å²) < 4.78 is 19.6. The molecule has 0 spiro atoms. The van der Waals surface area contributed by atoms with Crippen molar-refractivity contribution in [1.29, 1.82) is 0 Å². The van der Waals surface area contributed by atoms with E-state index in [-0.39, 0.29) is 36.1 Å². The molecule has 2 aromatic rings. The van der Waals surface area contributed by atoms with Gasteiger partial charge in [-0.25, -0.2) is 4.39 Å². The molecule has 0 aromatic heterocycles. The molecule has 0 bridgehead atoms. The van der Waals surface area contributed by atoms with Crippen LogP contribution in [0.4, 0.5) is 4.39 Å². The van der Waals surface area contributed by atoms with Gasteiger partial charge in [0.25, 0.3) is 5.91 Å². The summed E-state index contributed by atoms with van der Waals surface area (Å²) in [6.45, 7) is 0.535. The second-order valence-electron chi connectivity index (χ2n) is 8.24. The minimum Gasteiger partial charge on any atom is -0.497 e. The Morgan fingerprint density at radius 3 is 2.61 bits per heavy atom. The fourth-order valence-corrected chi connectivity index (χ4v) is 4.52. The Morgan fingerprint density at radius 2 is 1.87 bits per heavy atom. The molecule has 0 radical (unpaired) electrons. The van der Waals surface area contributed by atoms with E-state index >= 15 is 0 Å². The number of ether oxygens (including phenoxy) is 1. The third-order valence-electron chi connectivity index (χ3n) is 6.16. The molecular formula is C24H28FN3O3. The molecule has 7 heteroatoms. The van der Waals surface area contributed by atoms with Gasteiger partial charge in [-0.15, -0.1) is 0 Å². The molecule has 1 heterocycles. The van der Waals surface area contributed by atoms with E-state index in [9.17, 15) is 14.0 Å². The molecule has 4 rings (SSSR count). The molecular weight excluding hydrogens is 397 g/mol. The van der Waals surface area contributed by atoms with Gasteiger partial charge in [-0.05, 0) is 42.7 Å². The van der Waals surface area contributed by atoms with Crippen molar-refractivity contribution in [3.05, 3.63) is 65.5 Å². The fourth-order valence-electron chi connectivity index (χ4n) is 4.52. The number of nitrogens with zero attached hydrogens (tertiary/aromatic N) is 1. The lowest BCUT2D eigenvalue weighted by Crippen LogP contribution is -2.65. The van der Waals surface area contributed by atoms with Crippen LogP contribution < -0.4 is 15.4 Å². The number of rotatable bonds is 6. The minimum absolute atomic E-state index is 0.0118. The van der Waals surface area contributed by atoms with E-state index in [0.29, 0.717) is 6.54 Å². The summed E-state index contributed by atoms with van der Waals surface area (Å²) in [5, 5.41) is 6.52. The number of fused-ring (bicyclic) bond motifs is 1. The maximum atomic E-state index is 14.4. The zero-order valence-electron chi connectivity index (χ0n) is 17.6. The van der Waals surface area contributed by atoms with Crippen molar-refractivity contribution in [3.8, 4) is 5.75 Å². The number of benzene rings is 2. The van der Waals surface area contributed by atoms with Gasteiger partial charge in [0.05, 0.1) is 31.3 Å². The number of hydrogen-bond donors (Lipinski definition) is 2. The number of methoxy groups -OCH3 is 1. The van der Waals surface area contributed by atoms with Gasteiger partial charge in [-0.2, -0.15) is 0 Å². The molecule has 3 unspecified atom stereocenters. The van der Waals surface area contributed by atoms with Crippen molar-refractivity contribution in [2.75, 3.05) is 13.7 Å². The Bertz CT molecular complexity index is 934. The highest BCUT2D eigenvalue weighted by atomic mass is 19.1. The quantitative estimate of drug-likeness (QED) is 0.746. The van der Waals surface area contributed by atoms with E-state index in [1.54, 1.807) is 24.1 Å². The molecule has 1 saturated carbocycles. The number of amides is 2. The van der Waals surface area contributed by atoms with E-state index in [1.807, 2.05) is 24.3 Å². The Hall–Kier alpha value is -2.93. The summed E-state index contributed by atoms with van der Waals surface area (Å²) in [4.78, 5) is 27.5. The smallest absolute Gasteiger partial charge is 0.257 e. The van der Waals surface area contributed by atoms with Gasteiger partial charge >= 0.3 is 0 Å². The Kier molecular flexibility index (Phi) is 6.51. The second-order valence-corrected chi connectivity index (χ2v) is 8.24. The van der Waals surface area contributed by atoms with E-state index in [2.05, 4.69) is 10.6 Å². The van der Waals surface area contributed by atoms with Gasteiger partial charge in [-0.1, -0.05) is 37.1 Å². The Balaban J connectivity index is 1.55. The molecule has 2 fully saturated rings. The maximum Gasteiger partial charge on any atom is 0.257 e. The lowest BCUT2D eigenvalue weighted by Gasteiger charge is -2.41. The van der Waals surface area contributed by atoms with Crippen LogP contribution in [-0.4, -0.2) is 42.6 Å². The zero-order valence-corrected chi connectivity index (χ0v) is 17.6. The normalized spacial score (nSPS) is 22.9. The Morgan fingerprint density at radius 1 is 1.13 bits per heavy atom. The molecule has 1 aliphatic heterocycles. The summed E-state index contributed by atoms with van der Waals surface area (Å²) in [6.07, 6.45) is 3.63. The summed E-state index contributed by atoms with van der Waals surface area (Å²) in [7, 11) is 1.60. The first-order chi connectivity index (χ1) is 15.0. The highest BCUT2D eigenvalue weighted by Crippen LogP contribution is 2.27. The summed E-state index contributed by atoms with van der Waals surface area (Å²) >= 11 is 0. The number of carbonyl (C=O) groups excluding carboxylic acids is 2. The van der Waals surface area contributed by atoms with Crippen molar-refractivity contribution in [2.45, 2.75) is 44.4 Å². The molecule has 2 N–H and O–H groups in total. The maximum absolute atomic E-state index is 14.4. The predicted molar refractivity (Wildman–Crippen MR) is 115 cm³/mol. The van der Waals surface area contributed by atoms with Crippen molar-refractivity contribution in [3.63, 3.8) is 0 Å². The first-order valence-electron chi connectivity index (χ1n) is 10.8. The lowest BCUT2D eigenvalue weighted by atomic mass is 9.82. The van der Waals surface area contributed by atoms with Crippen LogP contribution in [0.2, 0.25) is 0 Å². The highest BCUT2D eigenvalue weighted by molar-refractivity contribution is 5.94. The van der Waals surface area contributed by atoms with Crippen molar-refractivity contribution >= 4 is 11.8 Å². The number of nitrogens with one attached hydrogen (secondary N) is 2. The SMILES string of the molecule is COc1ccc(CN(CC2NC(=O)C3CCCCC3N2)C(=O)c2ccccc2F)cc1. The van der Waals surface area contributed by atoms with Gasteiger partial charge in [-0.3, -0.25) is 14.9 Å². The van der Waals surface area contributed by atoms with Crippen LogP contribution >= 0.6 is 0 Å². The first-order valence-corrected chi connectivity index (χ1v) is 10.8. The van der Waals surface area contributed by atoms with Gasteiger partial charge in [0.15, 0.2) is 0 Å². The number of halogens is 1. The van der Waals surface area contributed by atoms with Crippen LogP contribution in [0, 0.1) is 11.7 Å². The summed E-state index contributed by atoms with van der Waals surface area (Å²) in [6, 6.07) is 13.5. The Labute approximate surface area is 181 Å². The van der Waals surface area contributed by atoms with Gasteiger partial charge < -0.3 is 15.0 Å². The van der Waals surface area contributed by atoms with Crippen LogP contribution in [-0.2, 0) is 11.3 Å². The third kappa shape index (κ3) is 4.88. The molecule has 2 aliphatic rings. The largest absolute Gasteiger partial charge is 0.497 e. The third-order valence-corrected chi connectivity index (χ3v) is 6.16. The summed E-state index contributed by atoms with van der Waals surface area (Å²) in [5.74, 6) is -0.213. The van der Waals surface area contributed by atoms with E-state index in [0.717, 1.165) is 37.0 Å². The van der Waals surface area contributed by atoms with E-state index < -0.39 is 11.7 Å². The molecule has 6 nitrogen and oxygen atoms in total. The summed E-state index contributed by atoms with van der Waals surface area (Å²) in [5.41, 5.74) is 0.914. The minimum atomic E-state index is -0.555. The number of carbonyl (C=O) groups is 2. The van der Waals surface area contributed by atoms with Crippen LogP contribution in [0.1, 0.15) is 41.6 Å². The fraction of sp³-hybridized carbons (Fsp3) is 0.417. The number of hydrogen-bond acceptors (Lipinski definition) is 4. The first kappa shape index (κ1) is 21.3. The lowest BCUT2D eigenvalue weighted by molar-refractivity contribution is -0.131. The highest BCUT2D eigenvalue weighted by Gasteiger charge is 2.38. The molecule has 3 atom stereocenters. The predicted octanol–water partition coefficient (Wildman–Crippen LogP) is 3.08. The van der Waals surface area contributed by atoms with Gasteiger partial charge in [0, 0.05) is 12.6 Å². The van der Waals surface area contributed by atoms with Crippen molar-refractivity contribution in [1.82, 2.24) is 15.5 Å². The average Bonchev–Trinajstić information content (AvgIpc) is 2.79. The standard InChI is InChI=1S/C24H28FN3O3/c1-31-17-12-10-16(11-13-17)14-28(24(30)18-6-2-4-8-20(18)25)15-22-26-21-9-5-3-7-19(21)23(29)27-22/h2,4,6,8,10-13,19,21-22,26H,3,5,7,9,14-15H2,1H3,(H,27,29). The van der Waals surface area contributed by atoms with Crippen molar-refractivity contribution < 1.29 is 18.7 Å². The van der Waals surface area contributed by atoms with E-state index in [4.69, 9.17) is 4.74 Å². The molecule has 31 heavy (non-hydrogen) atoms. The molecule has 1 saturated heterocycles. The molecule has 2 aromatic carbocycles. The van der Waals surface area contributed by atoms with Crippen molar-refractivity contribution in [2.24, 2.45) is 5.92 Å².